The van der Waals surface area contributed by atoms with Gasteiger partial charge >= 0.3 is 5.97 Å². The third-order valence-electron chi connectivity index (χ3n) is 2.34. The van der Waals surface area contributed by atoms with E-state index in [-0.39, 0.29) is 17.0 Å². The summed E-state index contributed by atoms with van der Waals surface area (Å²) in [5.74, 6) is -0.265. The van der Waals surface area contributed by atoms with Gasteiger partial charge in [0, 0.05) is 5.92 Å². The van der Waals surface area contributed by atoms with Crippen molar-refractivity contribution in [3.63, 3.8) is 0 Å². The lowest BCUT2D eigenvalue weighted by atomic mass is 10.3. The summed E-state index contributed by atoms with van der Waals surface area (Å²) in [4.78, 5) is 15.9. The van der Waals surface area contributed by atoms with Crippen molar-refractivity contribution in [3.05, 3.63) is 15.0 Å². The van der Waals surface area contributed by atoms with Gasteiger partial charge in [-0.05, 0) is 13.3 Å². The number of thiazole rings is 1. The molecular weight excluding hydrogens is 248 g/mol. The van der Waals surface area contributed by atoms with Crippen LogP contribution in [0.1, 0.15) is 33.9 Å². The summed E-state index contributed by atoms with van der Waals surface area (Å²) in [6.45, 7) is 2.05. The molecule has 0 bridgehead atoms. The Labute approximate surface area is 102 Å². The predicted octanol–water partition coefficient (Wildman–Crippen LogP) is 2.60. The van der Waals surface area contributed by atoms with E-state index in [2.05, 4.69) is 11.1 Å². The van der Waals surface area contributed by atoms with Gasteiger partial charge in [-0.2, -0.15) is 5.26 Å². The van der Waals surface area contributed by atoms with Gasteiger partial charge in [0.15, 0.2) is 10.0 Å². The third-order valence-corrected chi connectivity index (χ3v) is 3.89. The van der Waals surface area contributed by atoms with E-state index in [9.17, 15) is 4.79 Å². The molecule has 0 aliphatic heterocycles. The zero-order valence-corrected chi connectivity index (χ0v) is 10.1. The fourth-order valence-corrected chi connectivity index (χ4v) is 2.77. The number of ether oxygens (including phenoxy) is 1. The molecule has 1 aromatic heterocycles. The van der Waals surface area contributed by atoms with Crippen molar-refractivity contribution in [2.75, 3.05) is 6.61 Å². The highest BCUT2D eigenvalue weighted by Crippen LogP contribution is 2.49. The average Bonchev–Trinajstić information content (AvgIpc) is 2.95. The lowest BCUT2D eigenvalue weighted by Gasteiger charge is -1.96. The molecule has 1 fully saturated rings. The number of hydrogen-bond acceptors (Lipinski definition) is 5. The molecule has 1 heterocycles. The maximum atomic E-state index is 11.5. The zero-order chi connectivity index (χ0) is 11.7. The molecule has 0 amide bonds. The minimum Gasteiger partial charge on any atom is -0.462 e. The van der Waals surface area contributed by atoms with Gasteiger partial charge in [-0.25, -0.2) is 9.78 Å². The highest BCUT2D eigenvalue weighted by Gasteiger charge is 2.41. The van der Waals surface area contributed by atoms with Gasteiger partial charge in [-0.15, -0.1) is 11.3 Å². The topological polar surface area (TPSA) is 63.0 Å². The number of carbonyl (C=O) groups is 1. The van der Waals surface area contributed by atoms with Crippen LogP contribution in [0.5, 0.6) is 0 Å². The first-order valence-corrected chi connectivity index (χ1v) is 6.09. The van der Waals surface area contributed by atoms with Gasteiger partial charge in [0.25, 0.3) is 0 Å². The summed E-state index contributed by atoms with van der Waals surface area (Å²) < 4.78 is 4.86. The fourth-order valence-electron chi connectivity index (χ4n) is 1.41. The molecule has 1 aliphatic rings. The Kier molecular flexibility index (Phi) is 3.13. The second-order valence-corrected chi connectivity index (χ2v) is 4.86. The van der Waals surface area contributed by atoms with Crippen molar-refractivity contribution in [1.82, 2.24) is 4.98 Å². The van der Waals surface area contributed by atoms with Crippen molar-refractivity contribution in [1.29, 1.82) is 5.26 Å². The predicted molar refractivity (Wildman–Crippen MR) is 59.5 cm³/mol. The number of hydrogen-bond donors (Lipinski definition) is 0. The number of rotatable bonds is 3. The highest BCUT2D eigenvalue weighted by atomic mass is 35.5. The van der Waals surface area contributed by atoms with Crippen molar-refractivity contribution in [2.45, 2.75) is 19.3 Å². The molecule has 4 nitrogen and oxygen atoms in total. The number of esters is 1. The van der Waals surface area contributed by atoms with Crippen LogP contribution in [0, 0.1) is 17.2 Å². The minimum atomic E-state index is -0.439. The van der Waals surface area contributed by atoms with E-state index in [1.807, 2.05) is 0 Å². The second kappa shape index (κ2) is 4.40. The zero-order valence-electron chi connectivity index (χ0n) is 8.57. The smallest absolute Gasteiger partial charge is 0.351 e. The standard InChI is InChI=1S/C10H9ClN2O2S/c1-2-15-10(14)7-8(11)13-9(16-7)6-3-5(6)4-12/h5-6H,2-3H2,1H3. The van der Waals surface area contributed by atoms with Gasteiger partial charge in [-0.3, -0.25) is 0 Å². The number of nitrogens with zero attached hydrogens (tertiary/aromatic N) is 2. The number of nitriles is 1. The Hall–Kier alpha value is -1.12. The summed E-state index contributed by atoms with van der Waals surface area (Å²) in [5.41, 5.74) is 0. The summed E-state index contributed by atoms with van der Waals surface area (Å²) in [5, 5.41) is 9.66. The van der Waals surface area contributed by atoms with E-state index >= 15 is 0 Å². The molecule has 1 aromatic rings. The van der Waals surface area contributed by atoms with Crippen molar-refractivity contribution in [2.24, 2.45) is 5.92 Å². The molecule has 0 radical (unpaired) electrons. The first kappa shape index (κ1) is 11.4. The SMILES string of the molecule is CCOC(=O)c1sc(C2CC2C#N)nc1Cl. The lowest BCUT2D eigenvalue weighted by Crippen LogP contribution is -2.02. The molecule has 84 valence electrons. The van der Waals surface area contributed by atoms with Gasteiger partial charge in [0.05, 0.1) is 23.6 Å². The van der Waals surface area contributed by atoms with Crippen LogP contribution in [-0.2, 0) is 4.74 Å². The van der Waals surface area contributed by atoms with Crippen LogP contribution >= 0.6 is 22.9 Å². The quantitative estimate of drug-likeness (QED) is 0.780. The van der Waals surface area contributed by atoms with Crippen LogP contribution in [0.4, 0.5) is 0 Å². The van der Waals surface area contributed by atoms with Crippen molar-refractivity contribution in [3.8, 4) is 6.07 Å². The Bertz CT molecular complexity index is 466. The molecule has 0 saturated heterocycles. The number of carbonyl (C=O) groups excluding carboxylic acids is 1. The third kappa shape index (κ3) is 2.04. The van der Waals surface area contributed by atoms with E-state index in [4.69, 9.17) is 21.6 Å². The Balaban J connectivity index is 2.17. The van der Waals surface area contributed by atoms with Crippen LogP contribution < -0.4 is 0 Å². The van der Waals surface area contributed by atoms with Crippen LogP contribution in [-0.4, -0.2) is 17.6 Å². The second-order valence-electron chi connectivity index (χ2n) is 3.47. The number of aromatic nitrogens is 1. The largest absolute Gasteiger partial charge is 0.462 e. The molecule has 2 rings (SSSR count). The van der Waals surface area contributed by atoms with E-state index in [1.54, 1.807) is 6.92 Å². The van der Waals surface area contributed by atoms with Crippen molar-refractivity contribution >= 4 is 28.9 Å². The van der Waals surface area contributed by atoms with E-state index in [0.717, 1.165) is 11.4 Å². The Morgan fingerprint density at radius 1 is 1.81 bits per heavy atom. The van der Waals surface area contributed by atoms with E-state index < -0.39 is 5.97 Å². The minimum absolute atomic E-state index is 0.0252. The lowest BCUT2D eigenvalue weighted by molar-refractivity contribution is 0.0532. The molecular formula is C10H9ClN2O2S. The number of halogens is 1. The maximum absolute atomic E-state index is 11.5. The summed E-state index contributed by atoms with van der Waals surface area (Å²) in [6, 6.07) is 2.18. The summed E-state index contributed by atoms with van der Waals surface area (Å²) in [6.07, 6.45) is 0.808. The summed E-state index contributed by atoms with van der Waals surface area (Å²) >= 11 is 7.08. The molecule has 0 aromatic carbocycles. The molecule has 1 aliphatic carbocycles. The molecule has 2 unspecified atom stereocenters. The molecule has 2 atom stereocenters. The monoisotopic (exact) mass is 256 g/mol. The van der Waals surface area contributed by atoms with Crippen LogP contribution in [0.2, 0.25) is 5.15 Å². The van der Waals surface area contributed by atoms with E-state index in [1.165, 1.54) is 11.3 Å². The fraction of sp³-hybridized carbons (Fsp3) is 0.500. The van der Waals surface area contributed by atoms with Crippen LogP contribution in [0.25, 0.3) is 0 Å². The maximum Gasteiger partial charge on any atom is 0.351 e. The molecule has 1 saturated carbocycles. The van der Waals surface area contributed by atoms with Crippen LogP contribution in [0.3, 0.4) is 0 Å². The van der Waals surface area contributed by atoms with Crippen LogP contribution in [0.15, 0.2) is 0 Å². The molecule has 16 heavy (non-hydrogen) atoms. The average molecular weight is 257 g/mol. The van der Waals surface area contributed by atoms with Gasteiger partial charge in [0.2, 0.25) is 0 Å². The van der Waals surface area contributed by atoms with Gasteiger partial charge in [-0.1, -0.05) is 11.6 Å². The molecule has 0 N–H and O–H groups in total. The Morgan fingerprint density at radius 2 is 2.56 bits per heavy atom. The summed E-state index contributed by atoms with van der Waals surface area (Å²) in [7, 11) is 0. The normalized spacial score (nSPS) is 22.6. The Morgan fingerprint density at radius 3 is 3.12 bits per heavy atom. The van der Waals surface area contributed by atoms with Gasteiger partial charge in [0.1, 0.15) is 0 Å². The molecule has 6 heteroatoms. The van der Waals surface area contributed by atoms with Gasteiger partial charge < -0.3 is 4.74 Å². The highest BCUT2D eigenvalue weighted by molar-refractivity contribution is 7.14. The van der Waals surface area contributed by atoms with E-state index in [0.29, 0.717) is 11.5 Å². The molecule has 0 spiro atoms. The van der Waals surface area contributed by atoms with Crippen molar-refractivity contribution < 1.29 is 9.53 Å². The first-order chi connectivity index (χ1) is 7.67. The first-order valence-electron chi connectivity index (χ1n) is 4.90.